The minimum absolute atomic E-state index is 0.0855. The molecule has 0 atom stereocenters. The van der Waals surface area contributed by atoms with Crippen molar-refractivity contribution in [3.63, 3.8) is 0 Å². The standard InChI is InChI=1S/C30H18BrClFN3O5/c31-18-6-10-24(41-30(38)16-5-9-25-26(12-16)40-15-39-25)17(11-18)14-34-36-29(37)28-27(20-3-1-2-4-22(20)32)21-13-19(33)7-8-23(21)35-28/h1-14,35H,15H2,(H,36,37). The molecule has 1 amide bonds. The van der Waals surface area contributed by atoms with E-state index in [9.17, 15) is 14.0 Å². The Morgan fingerprint density at radius 1 is 1.02 bits per heavy atom. The molecule has 41 heavy (non-hydrogen) atoms. The summed E-state index contributed by atoms with van der Waals surface area (Å²) in [4.78, 5) is 29.2. The molecule has 11 heteroatoms. The molecule has 6 rings (SSSR count). The average molecular weight is 635 g/mol. The molecule has 0 spiro atoms. The number of fused-ring (bicyclic) bond motifs is 2. The van der Waals surface area contributed by atoms with E-state index in [1.807, 2.05) is 0 Å². The first-order chi connectivity index (χ1) is 19.9. The molecule has 2 heterocycles. The van der Waals surface area contributed by atoms with E-state index in [2.05, 4.69) is 31.4 Å². The molecule has 1 aliphatic heterocycles. The molecular formula is C30H18BrClFN3O5. The predicted molar refractivity (Wildman–Crippen MR) is 155 cm³/mol. The van der Waals surface area contributed by atoms with Crippen molar-refractivity contribution in [3.8, 4) is 28.4 Å². The highest BCUT2D eigenvalue weighted by atomic mass is 79.9. The van der Waals surface area contributed by atoms with Gasteiger partial charge in [-0.1, -0.05) is 45.7 Å². The minimum atomic E-state index is -0.612. The Morgan fingerprint density at radius 3 is 2.71 bits per heavy atom. The highest BCUT2D eigenvalue weighted by Gasteiger charge is 2.22. The van der Waals surface area contributed by atoms with Crippen LogP contribution in [0.15, 0.2) is 88.4 Å². The van der Waals surface area contributed by atoms with Crippen molar-refractivity contribution in [3.05, 3.63) is 111 Å². The van der Waals surface area contributed by atoms with Crippen LogP contribution in [0.1, 0.15) is 26.4 Å². The lowest BCUT2D eigenvalue weighted by Crippen LogP contribution is -2.19. The van der Waals surface area contributed by atoms with Crippen molar-refractivity contribution in [2.75, 3.05) is 6.79 Å². The number of ether oxygens (including phenoxy) is 3. The number of esters is 1. The number of rotatable bonds is 6. The van der Waals surface area contributed by atoms with E-state index in [0.717, 1.165) is 0 Å². The summed E-state index contributed by atoms with van der Waals surface area (Å²) in [6, 6.07) is 20.9. The number of aromatic amines is 1. The van der Waals surface area contributed by atoms with Crippen molar-refractivity contribution in [1.29, 1.82) is 0 Å². The summed E-state index contributed by atoms with van der Waals surface area (Å²) in [6.45, 7) is 0.0855. The van der Waals surface area contributed by atoms with E-state index in [1.54, 1.807) is 66.7 Å². The van der Waals surface area contributed by atoms with Gasteiger partial charge in [-0.3, -0.25) is 4.79 Å². The summed E-state index contributed by atoms with van der Waals surface area (Å²) in [5.74, 6) is -0.429. The van der Waals surface area contributed by atoms with Gasteiger partial charge in [-0.2, -0.15) is 5.10 Å². The average Bonchev–Trinajstić information content (AvgIpc) is 3.59. The maximum absolute atomic E-state index is 14.1. The van der Waals surface area contributed by atoms with Crippen molar-refractivity contribution < 1.29 is 28.2 Å². The summed E-state index contributed by atoms with van der Waals surface area (Å²) in [7, 11) is 0. The number of hydrazone groups is 1. The van der Waals surface area contributed by atoms with Gasteiger partial charge in [-0.15, -0.1) is 0 Å². The highest BCUT2D eigenvalue weighted by molar-refractivity contribution is 9.10. The molecular weight excluding hydrogens is 617 g/mol. The second kappa shape index (κ2) is 11.1. The lowest BCUT2D eigenvalue weighted by atomic mass is 10.0. The molecule has 1 aliphatic rings. The Labute approximate surface area is 245 Å². The second-order valence-corrected chi connectivity index (χ2v) is 10.2. The van der Waals surface area contributed by atoms with Gasteiger partial charge in [-0.05, 0) is 60.7 Å². The van der Waals surface area contributed by atoms with Gasteiger partial charge in [0.1, 0.15) is 17.3 Å². The third-order valence-electron chi connectivity index (χ3n) is 6.28. The number of halogens is 3. The zero-order chi connectivity index (χ0) is 28.5. The largest absolute Gasteiger partial charge is 0.454 e. The third-order valence-corrected chi connectivity index (χ3v) is 7.11. The van der Waals surface area contributed by atoms with Gasteiger partial charge in [0.2, 0.25) is 6.79 Å². The van der Waals surface area contributed by atoms with Crippen LogP contribution in [0.25, 0.3) is 22.0 Å². The van der Waals surface area contributed by atoms with Crippen molar-refractivity contribution in [2.24, 2.45) is 5.10 Å². The van der Waals surface area contributed by atoms with Gasteiger partial charge in [0.25, 0.3) is 5.91 Å². The van der Waals surface area contributed by atoms with E-state index in [1.165, 1.54) is 18.3 Å². The Balaban J connectivity index is 1.26. The molecule has 5 aromatic rings. The zero-order valence-corrected chi connectivity index (χ0v) is 23.3. The van der Waals surface area contributed by atoms with Crippen LogP contribution in [0, 0.1) is 5.82 Å². The van der Waals surface area contributed by atoms with Crippen LogP contribution < -0.4 is 19.6 Å². The smallest absolute Gasteiger partial charge is 0.343 e. The maximum Gasteiger partial charge on any atom is 0.343 e. The fraction of sp³-hybridized carbons (Fsp3) is 0.0333. The van der Waals surface area contributed by atoms with Crippen LogP contribution >= 0.6 is 27.5 Å². The van der Waals surface area contributed by atoms with Crippen molar-refractivity contribution in [2.45, 2.75) is 0 Å². The SMILES string of the molecule is O=C(Oc1ccc(Br)cc1C=NNC(=O)c1[nH]c2ccc(F)cc2c1-c1ccccc1Cl)c1ccc2c(c1)OCO2. The monoisotopic (exact) mass is 633 g/mol. The molecule has 2 N–H and O–H groups in total. The second-order valence-electron chi connectivity index (χ2n) is 8.88. The summed E-state index contributed by atoms with van der Waals surface area (Å²) in [5.41, 5.74) is 4.89. The Kier molecular flexibility index (Phi) is 7.17. The molecule has 8 nitrogen and oxygen atoms in total. The van der Waals surface area contributed by atoms with Gasteiger partial charge >= 0.3 is 5.97 Å². The van der Waals surface area contributed by atoms with Gasteiger partial charge in [-0.25, -0.2) is 14.6 Å². The van der Waals surface area contributed by atoms with E-state index < -0.39 is 17.7 Å². The molecule has 1 aromatic heterocycles. The summed E-state index contributed by atoms with van der Waals surface area (Å²) in [5, 5.41) is 4.99. The summed E-state index contributed by atoms with van der Waals surface area (Å²) < 4.78 is 31.1. The van der Waals surface area contributed by atoms with Crippen LogP contribution in [-0.4, -0.2) is 29.9 Å². The van der Waals surface area contributed by atoms with Gasteiger partial charge in [0.15, 0.2) is 11.5 Å². The Bertz CT molecular complexity index is 1870. The lowest BCUT2D eigenvalue weighted by Gasteiger charge is -2.09. The van der Waals surface area contributed by atoms with Gasteiger partial charge in [0.05, 0.1) is 11.8 Å². The van der Waals surface area contributed by atoms with Crippen LogP contribution in [0.5, 0.6) is 17.2 Å². The molecule has 0 aliphatic carbocycles. The number of H-pyrrole nitrogens is 1. The fourth-order valence-corrected chi connectivity index (χ4v) is 5.00. The number of nitrogens with one attached hydrogen (secondary N) is 2. The quantitative estimate of drug-likeness (QED) is 0.0898. The Hall–Kier alpha value is -4.67. The Morgan fingerprint density at radius 2 is 1.85 bits per heavy atom. The third kappa shape index (κ3) is 5.39. The van der Waals surface area contributed by atoms with E-state index in [0.29, 0.717) is 48.6 Å². The number of carbonyl (C=O) groups excluding carboxylic acids is 2. The van der Waals surface area contributed by atoms with Gasteiger partial charge < -0.3 is 19.2 Å². The van der Waals surface area contributed by atoms with Crippen LogP contribution in [0.2, 0.25) is 5.02 Å². The van der Waals surface area contributed by atoms with Crippen molar-refractivity contribution in [1.82, 2.24) is 10.4 Å². The first-order valence-corrected chi connectivity index (χ1v) is 13.4. The molecule has 0 saturated carbocycles. The highest BCUT2D eigenvalue weighted by Crippen LogP contribution is 2.37. The van der Waals surface area contributed by atoms with E-state index in [-0.39, 0.29) is 23.8 Å². The number of hydrogen-bond donors (Lipinski definition) is 2. The fourth-order valence-electron chi connectivity index (χ4n) is 4.39. The summed E-state index contributed by atoms with van der Waals surface area (Å²) >= 11 is 9.83. The number of nitrogens with zero attached hydrogens (tertiary/aromatic N) is 1. The molecule has 0 fully saturated rings. The van der Waals surface area contributed by atoms with E-state index in [4.69, 9.17) is 25.8 Å². The van der Waals surface area contributed by atoms with E-state index >= 15 is 0 Å². The number of carbonyl (C=O) groups is 2. The molecule has 0 saturated heterocycles. The summed E-state index contributed by atoms with van der Waals surface area (Å²) in [6.07, 6.45) is 1.35. The lowest BCUT2D eigenvalue weighted by molar-refractivity contribution is 0.0733. The predicted octanol–water partition coefficient (Wildman–Crippen LogP) is 7.10. The number of benzene rings is 4. The number of amides is 1. The first-order valence-electron chi connectivity index (χ1n) is 12.2. The minimum Gasteiger partial charge on any atom is -0.454 e. The first kappa shape index (κ1) is 26.5. The topological polar surface area (TPSA) is 102 Å². The zero-order valence-electron chi connectivity index (χ0n) is 20.9. The van der Waals surface area contributed by atoms with Crippen molar-refractivity contribution >= 4 is 56.5 Å². The molecule has 0 radical (unpaired) electrons. The molecule has 0 bridgehead atoms. The van der Waals surface area contributed by atoms with Gasteiger partial charge in [0, 0.05) is 37.1 Å². The maximum atomic E-state index is 14.1. The van der Waals surface area contributed by atoms with Crippen LogP contribution in [-0.2, 0) is 0 Å². The van der Waals surface area contributed by atoms with Crippen LogP contribution in [0.3, 0.4) is 0 Å². The molecule has 204 valence electrons. The number of hydrogen-bond acceptors (Lipinski definition) is 6. The normalized spacial score (nSPS) is 12.2. The van der Waals surface area contributed by atoms with Crippen LogP contribution in [0.4, 0.5) is 4.39 Å². The molecule has 4 aromatic carbocycles. The number of aromatic nitrogens is 1. The molecule has 0 unspecified atom stereocenters.